The van der Waals surface area contributed by atoms with E-state index in [1.807, 2.05) is 38.1 Å². The van der Waals surface area contributed by atoms with E-state index in [1.54, 1.807) is 4.90 Å². The number of hydrogen-bond acceptors (Lipinski definition) is 2. The largest absolute Gasteiger partial charge is 0.399 e. The van der Waals surface area contributed by atoms with Crippen LogP contribution in [0.3, 0.4) is 0 Å². The van der Waals surface area contributed by atoms with E-state index < -0.39 is 0 Å². The molecule has 1 amide bonds. The second-order valence-corrected chi connectivity index (χ2v) is 5.28. The van der Waals surface area contributed by atoms with Gasteiger partial charge in [-0.25, -0.2) is 4.39 Å². The van der Waals surface area contributed by atoms with Crippen molar-refractivity contribution in [2.75, 3.05) is 5.73 Å². The Morgan fingerprint density at radius 1 is 1.10 bits per heavy atom. The molecule has 0 spiro atoms. The van der Waals surface area contributed by atoms with Gasteiger partial charge in [0.05, 0.1) is 0 Å². The predicted octanol–water partition coefficient (Wildman–Crippen LogP) is 3.46. The molecule has 0 aliphatic heterocycles. The zero-order valence-electron chi connectivity index (χ0n) is 12.2. The second kappa shape index (κ2) is 6.39. The molecular formula is C17H19FN2O. The number of nitrogen functional groups attached to an aromatic ring is 1. The molecule has 0 aromatic heterocycles. The van der Waals surface area contributed by atoms with E-state index in [9.17, 15) is 9.18 Å². The van der Waals surface area contributed by atoms with Crippen LogP contribution in [0.4, 0.5) is 10.1 Å². The van der Waals surface area contributed by atoms with Crippen LogP contribution in [0.15, 0.2) is 48.5 Å². The lowest BCUT2D eigenvalue weighted by Crippen LogP contribution is -2.36. The maximum absolute atomic E-state index is 13.0. The van der Waals surface area contributed by atoms with Crippen molar-refractivity contribution in [2.24, 2.45) is 0 Å². The highest BCUT2D eigenvalue weighted by Gasteiger charge is 2.19. The summed E-state index contributed by atoms with van der Waals surface area (Å²) in [5, 5.41) is 0. The Morgan fingerprint density at radius 3 is 2.19 bits per heavy atom. The number of halogens is 1. The van der Waals surface area contributed by atoms with Gasteiger partial charge >= 0.3 is 0 Å². The monoisotopic (exact) mass is 286 g/mol. The van der Waals surface area contributed by atoms with Crippen LogP contribution in [-0.2, 0) is 6.54 Å². The molecule has 2 aromatic carbocycles. The molecule has 0 saturated heterocycles. The van der Waals surface area contributed by atoms with Gasteiger partial charge in [0, 0.05) is 23.8 Å². The average molecular weight is 286 g/mol. The summed E-state index contributed by atoms with van der Waals surface area (Å²) < 4.78 is 13.0. The van der Waals surface area contributed by atoms with Crippen LogP contribution in [0.2, 0.25) is 0 Å². The summed E-state index contributed by atoms with van der Waals surface area (Å²) in [5.74, 6) is -0.456. The van der Waals surface area contributed by atoms with Crippen LogP contribution in [0, 0.1) is 5.82 Å². The number of carbonyl (C=O) groups is 1. The SMILES string of the molecule is CC(C)N(Cc1ccc(N)cc1)C(=O)c1ccc(F)cc1. The normalized spacial score (nSPS) is 10.7. The van der Waals surface area contributed by atoms with Crippen LogP contribution in [0.1, 0.15) is 29.8 Å². The van der Waals surface area contributed by atoms with Gasteiger partial charge in [0.2, 0.25) is 0 Å². The standard InChI is InChI=1S/C17H19FN2O/c1-12(2)20(11-13-3-9-16(19)10-4-13)17(21)14-5-7-15(18)8-6-14/h3-10,12H,11,19H2,1-2H3. The molecule has 21 heavy (non-hydrogen) atoms. The fourth-order valence-corrected chi connectivity index (χ4v) is 2.07. The van der Waals surface area contributed by atoms with Gasteiger partial charge in [-0.15, -0.1) is 0 Å². The first-order valence-electron chi connectivity index (χ1n) is 6.88. The predicted molar refractivity (Wildman–Crippen MR) is 82.3 cm³/mol. The quantitative estimate of drug-likeness (QED) is 0.875. The average Bonchev–Trinajstić information content (AvgIpc) is 2.46. The minimum atomic E-state index is -0.346. The first-order valence-corrected chi connectivity index (χ1v) is 6.88. The Balaban J connectivity index is 2.20. The Bertz CT molecular complexity index is 606. The molecule has 0 bridgehead atoms. The van der Waals surface area contributed by atoms with Gasteiger partial charge in [0.15, 0.2) is 0 Å². The smallest absolute Gasteiger partial charge is 0.254 e. The van der Waals surface area contributed by atoms with Crippen LogP contribution >= 0.6 is 0 Å². The number of amides is 1. The summed E-state index contributed by atoms with van der Waals surface area (Å²) in [7, 11) is 0. The van der Waals surface area contributed by atoms with E-state index in [0.29, 0.717) is 17.8 Å². The molecule has 0 heterocycles. The molecule has 4 heteroatoms. The first kappa shape index (κ1) is 15.0. The van der Waals surface area contributed by atoms with Gasteiger partial charge in [-0.05, 0) is 55.8 Å². The third-order valence-corrected chi connectivity index (χ3v) is 3.31. The maximum Gasteiger partial charge on any atom is 0.254 e. The number of nitrogens with zero attached hydrogens (tertiary/aromatic N) is 1. The van der Waals surface area contributed by atoms with Crippen molar-refractivity contribution >= 4 is 11.6 Å². The van der Waals surface area contributed by atoms with E-state index in [1.165, 1.54) is 24.3 Å². The van der Waals surface area contributed by atoms with Crippen molar-refractivity contribution in [1.29, 1.82) is 0 Å². The number of benzene rings is 2. The van der Waals surface area contributed by atoms with Crippen LogP contribution < -0.4 is 5.73 Å². The Morgan fingerprint density at radius 2 is 1.67 bits per heavy atom. The third kappa shape index (κ3) is 3.81. The van der Waals surface area contributed by atoms with Gasteiger partial charge < -0.3 is 10.6 Å². The number of anilines is 1. The molecule has 3 nitrogen and oxygen atoms in total. The lowest BCUT2D eigenvalue weighted by Gasteiger charge is -2.27. The molecule has 0 aliphatic rings. The third-order valence-electron chi connectivity index (χ3n) is 3.31. The summed E-state index contributed by atoms with van der Waals surface area (Å²) in [4.78, 5) is 14.3. The summed E-state index contributed by atoms with van der Waals surface area (Å²) in [6.45, 7) is 4.41. The Labute approximate surface area is 124 Å². The fraction of sp³-hybridized carbons (Fsp3) is 0.235. The van der Waals surface area contributed by atoms with Gasteiger partial charge in [-0.3, -0.25) is 4.79 Å². The molecule has 2 aromatic rings. The minimum Gasteiger partial charge on any atom is -0.399 e. The zero-order valence-corrected chi connectivity index (χ0v) is 12.2. The zero-order chi connectivity index (χ0) is 15.4. The molecule has 0 unspecified atom stereocenters. The summed E-state index contributed by atoms with van der Waals surface area (Å²) in [6, 6.07) is 13.1. The number of rotatable bonds is 4. The summed E-state index contributed by atoms with van der Waals surface area (Å²) in [5.41, 5.74) is 7.85. The number of carbonyl (C=O) groups excluding carboxylic acids is 1. The summed E-state index contributed by atoms with van der Waals surface area (Å²) in [6.07, 6.45) is 0. The number of nitrogens with two attached hydrogens (primary N) is 1. The molecule has 0 atom stereocenters. The number of hydrogen-bond donors (Lipinski definition) is 1. The van der Waals surface area contributed by atoms with Crippen LogP contribution in [0.5, 0.6) is 0 Å². The molecular weight excluding hydrogens is 267 g/mol. The van der Waals surface area contributed by atoms with Gasteiger partial charge in [-0.1, -0.05) is 12.1 Å². The lowest BCUT2D eigenvalue weighted by atomic mass is 10.1. The van der Waals surface area contributed by atoms with Crippen LogP contribution in [-0.4, -0.2) is 16.8 Å². The van der Waals surface area contributed by atoms with E-state index in [-0.39, 0.29) is 17.8 Å². The van der Waals surface area contributed by atoms with Crippen molar-refractivity contribution in [3.8, 4) is 0 Å². The molecule has 2 N–H and O–H groups in total. The van der Waals surface area contributed by atoms with Crippen molar-refractivity contribution in [2.45, 2.75) is 26.4 Å². The van der Waals surface area contributed by atoms with Crippen molar-refractivity contribution < 1.29 is 9.18 Å². The summed E-state index contributed by atoms with van der Waals surface area (Å²) >= 11 is 0. The Kier molecular flexibility index (Phi) is 4.58. The molecule has 0 aliphatic carbocycles. The maximum atomic E-state index is 13.0. The highest BCUT2D eigenvalue weighted by Crippen LogP contribution is 2.15. The molecule has 2 rings (SSSR count). The van der Waals surface area contributed by atoms with Crippen LogP contribution in [0.25, 0.3) is 0 Å². The van der Waals surface area contributed by atoms with Gasteiger partial charge in [-0.2, -0.15) is 0 Å². The van der Waals surface area contributed by atoms with E-state index >= 15 is 0 Å². The van der Waals surface area contributed by atoms with Crippen molar-refractivity contribution in [1.82, 2.24) is 4.90 Å². The highest BCUT2D eigenvalue weighted by molar-refractivity contribution is 5.94. The van der Waals surface area contributed by atoms with E-state index in [4.69, 9.17) is 5.73 Å². The first-order chi connectivity index (χ1) is 9.97. The second-order valence-electron chi connectivity index (χ2n) is 5.28. The van der Waals surface area contributed by atoms with Gasteiger partial charge in [0.1, 0.15) is 5.82 Å². The van der Waals surface area contributed by atoms with E-state index in [0.717, 1.165) is 5.56 Å². The molecule has 0 radical (unpaired) electrons. The van der Waals surface area contributed by atoms with Gasteiger partial charge in [0.25, 0.3) is 5.91 Å². The molecule has 110 valence electrons. The minimum absolute atomic E-state index is 0.0418. The molecule has 0 saturated carbocycles. The molecule has 0 fully saturated rings. The fourth-order valence-electron chi connectivity index (χ4n) is 2.07. The lowest BCUT2D eigenvalue weighted by molar-refractivity contribution is 0.0690. The topological polar surface area (TPSA) is 46.3 Å². The highest BCUT2D eigenvalue weighted by atomic mass is 19.1. The van der Waals surface area contributed by atoms with Crippen molar-refractivity contribution in [3.63, 3.8) is 0 Å². The van der Waals surface area contributed by atoms with Crippen molar-refractivity contribution in [3.05, 3.63) is 65.5 Å². The Hall–Kier alpha value is -2.36. The van der Waals surface area contributed by atoms with E-state index in [2.05, 4.69) is 0 Å².